The average molecular weight is 463 g/mol. The summed E-state index contributed by atoms with van der Waals surface area (Å²) in [4.78, 5) is 34.2. The second kappa shape index (κ2) is 9.74. The standard InChI is InChI=1S/C24H22N4O4S/c1-16(2)17-6-9-20(10-7-17)32-15-23(29)27(14-18-5-3-4-12-25-18)24-26-21-11-8-19(28(30)31)13-22(21)33-24/h3-13,16H,14-15H2,1-2H3. The number of aromatic nitrogens is 2. The number of anilines is 1. The van der Waals surface area contributed by atoms with Gasteiger partial charge in [0.25, 0.3) is 11.6 Å². The molecule has 33 heavy (non-hydrogen) atoms. The number of non-ortho nitro benzene ring substituents is 1. The van der Waals surface area contributed by atoms with Gasteiger partial charge in [-0.05, 0) is 41.8 Å². The molecule has 4 rings (SSSR count). The van der Waals surface area contributed by atoms with Crippen LogP contribution in [-0.2, 0) is 11.3 Å². The van der Waals surface area contributed by atoms with E-state index < -0.39 is 4.92 Å². The minimum atomic E-state index is -0.450. The summed E-state index contributed by atoms with van der Waals surface area (Å²) in [6.07, 6.45) is 1.66. The van der Waals surface area contributed by atoms with E-state index in [-0.39, 0.29) is 24.7 Å². The van der Waals surface area contributed by atoms with Crippen molar-refractivity contribution in [1.29, 1.82) is 0 Å². The number of hydrogen-bond acceptors (Lipinski definition) is 7. The summed E-state index contributed by atoms with van der Waals surface area (Å²) in [5.41, 5.74) is 2.45. The van der Waals surface area contributed by atoms with Crippen molar-refractivity contribution in [1.82, 2.24) is 9.97 Å². The number of ether oxygens (including phenoxy) is 1. The van der Waals surface area contributed by atoms with Crippen LogP contribution in [0.3, 0.4) is 0 Å². The zero-order valence-electron chi connectivity index (χ0n) is 18.2. The van der Waals surface area contributed by atoms with Crippen LogP contribution in [0.1, 0.15) is 31.0 Å². The van der Waals surface area contributed by atoms with Crippen molar-refractivity contribution in [3.8, 4) is 5.75 Å². The molecular formula is C24H22N4O4S. The Kier molecular flexibility index (Phi) is 6.60. The third kappa shape index (κ3) is 5.32. The van der Waals surface area contributed by atoms with Crippen LogP contribution in [0.15, 0.2) is 66.9 Å². The first-order valence-electron chi connectivity index (χ1n) is 10.4. The number of nitrogens with zero attached hydrogens (tertiary/aromatic N) is 4. The van der Waals surface area contributed by atoms with E-state index in [4.69, 9.17) is 4.74 Å². The van der Waals surface area contributed by atoms with E-state index in [9.17, 15) is 14.9 Å². The molecule has 2 aromatic heterocycles. The maximum absolute atomic E-state index is 13.2. The molecule has 4 aromatic rings. The number of carbonyl (C=O) groups is 1. The minimum Gasteiger partial charge on any atom is -0.484 e. The summed E-state index contributed by atoms with van der Waals surface area (Å²) < 4.78 is 6.37. The third-order valence-corrected chi connectivity index (χ3v) is 6.10. The molecule has 2 heterocycles. The molecule has 0 aliphatic rings. The lowest BCUT2D eigenvalue weighted by atomic mass is 10.0. The summed E-state index contributed by atoms with van der Waals surface area (Å²) >= 11 is 1.22. The van der Waals surface area contributed by atoms with Gasteiger partial charge in [0.05, 0.1) is 27.4 Å². The van der Waals surface area contributed by atoms with Crippen molar-refractivity contribution >= 4 is 38.3 Å². The lowest BCUT2D eigenvalue weighted by Gasteiger charge is -2.20. The van der Waals surface area contributed by atoms with Crippen LogP contribution >= 0.6 is 11.3 Å². The van der Waals surface area contributed by atoms with Crippen LogP contribution in [0.4, 0.5) is 10.8 Å². The Labute approximate surface area is 194 Å². The van der Waals surface area contributed by atoms with Crippen molar-refractivity contribution in [2.45, 2.75) is 26.3 Å². The molecule has 0 unspecified atom stereocenters. The molecule has 0 N–H and O–H groups in total. The average Bonchev–Trinajstić information content (AvgIpc) is 3.25. The molecule has 8 nitrogen and oxygen atoms in total. The van der Waals surface area contributed by atoms with Gasteiger partial charge in [0, 0.05) is 18.3 Å². The largest absolute Gasteiger partial charge is 0.484 e. The van der Waals surface area contributed by atoms with E-state index in [1.54, 1.807) is 18.3 Å². The van der Waals surface area contributed by atoms with Gasteiger partial charge in [-0.15, -0.1) is 0 Å². The van der Waals surface area contributed by atoms with Crippen LogP contribution in [0.2, 0.25) is 0 Å². The molecule has 0 bridgehead atoms. The minimum absolute atomic E-state index is 0.0199. The van der Waals surface area contributed by atoms with Crippen molar-refractivity contribution in [2.75, 3.05) is 11.5 Å². The van der Waals surface area contributed by atoms with Crippen molar-refractivity contribution < 1.29 is 14.5 Å². The lowest BCUT2D eigenvalue weighted by Crippen LogP contribution is -2.34. The molecule has 0 radical (unpaired) electrons. The van der Waals surface area contributed by atoms with E-state index in [1.165, 1.54) is 33.9 Å². The van der Waals surface area contributed by atoms with E-state index in [0.29, 0.717) is 32.7 Å². The van der Waals surface area contributed by atoms with Gasteiger partial charge < -0.3 is 4.74 Å². The Morgan fingerprint density at radius 1 is 1.15 bits per heavy atom. The Bertz CT molecular complexity index is 1270. The summed E-state index contributed by atoms with van der Waals surface area (Å²) in [5.74, 6) is 0.719. The van der Waals surface area contributed by atoms with Crippen LogP contribution in [0, 0.1) is 10.1 Å². The smallest absolute Gasteiger partial charge is 0.270 e. The highest BCUT2D eigenvalue weighted by Gasteiger charge is 2.22. The number of hydrogen-bond donors (Lipinski definition) is 0. The monoisotopic (exact) mass is 462 g/mol. The number of amides is 1. The Hall–Kier alpha value is -3.85. The first-order chi connectivity index (χ1) is 15.9. The second-order valence-electron chi connectivity index (χ2n) is 7.72. The van der Waals surface area contributed by atoms with Gasteiger partial charge in [-0.3, -0.25) is 24.8 Å². The molecule has 0 saturated carbocycles. The summed E-state index contributed by atoms with van der Waals surface area (Å²) in [5, 5.41) is 11.5. The third-order valence-electron chi connectivity index (χ3n) is 5.06. The SMILES string of the molecule is CC(C)c1ccc(OCC(=O)N(Cc2ccccn2)c2nc3ccc([N+](=O)[O-])cc3s2)cc1. The van der Waals surface area contributed by atoms with Gasteiger partial charge in [-0.1, -0.05) is 43.4 Å². The Morgan fingerprint density at radius 3 is 2.61 bits per heavy atom. The van der Waals surface area contributed by atoms with Gasteiger partial charge in [-0.25, -0.2) is 4.98 Å². The number of pyridine rings is 1. The quantitative estimate of drug-likeness (QED) is 0.259. The van der Waals surface area contributed by atoms with Crippen molar-refractivity contribution in [3.63, 3.8) is 0 Å². The van der Waals surface area contributed by atoms with Crippen molar-refractivity contribution in [2.24, 2.45) is 0 Å². The second-order valence-corrected chi connectivity index (χ2v) is 8.73. The van der Waals surface area contributed by atoms with E-state index in [0.717, 1.165) is 0 Å². The highest BCUT2D eigenvalue weighted by molar-refractivity contribution is 7.22. The predicted octanol–water partition coefficient (Wildman–Crippen LogP) is 5.34. The summed E-state index contributed by atoms with van der Waals surface area (Å²) in [7, 11) is 0. The fraction of sp³-hybridized carbons (Fsp3) is 0.208. The maximum Gasteiger partial charge on any atom is 0.270 e. The molecule has 0 spiro atoms. The lowest BCUT2D eigenvalue weighted by molar-refractivity contribution is -0.384. The van der Waals surface area contributed by atoms with Crippen LogP contribution < -0.4 is 9.64 Å². The molecule has 1 amide bonds. The Morgan fingerprint density at radius 2 is 1.94 bits per heavy atom. The number of carbonyl (C=O) groups excluding carboxylic acids is 1. The molecule has 2 aromatic carbocycles. The fourth-order valence-electron chi connectivity index (χ4n) is 3.22. The molecule has 0 fully saturated rings. The summed E-state index contributed by atoms with van der Waals surface area (Å²) in [6, 6.07) is 17.6. The van der Waals surface area contributed by atoms with Gasteiger partial charge in [-0.2, -0.15) is 0 Å². The number of nitro groups is 1. The zero-order chi connectivity index (χ0) is 23.4. The van der Waals surface area contributed by atoms with Crippen molar-refractivity contribution in [3.05, 3.63) is 88.2 Å². The maximum atomic E-state index is 13.2. The fourth-order valence-corrected chi connectivity index (χ4v) is 4.23. The molecule has 168 valence electrons. The molecular weight excluding hydrogens is 440 g/mol. The van der Waals surface area contributed by atoms with E-state index in [2.05, 4.69) is 23.8 Å². The number of fused-ring (bicyclic) bond motifs is 1. The first-order valence-corrected chi connectivity index (χ1v) is 11.2. The predicted molar refractivity (Wildman–Crippen MR) is 128 cm³/mol. The number of benzene rings is 2. The highest BCUT2D eigenvalue weighted by atomic mass is 32.1. The summed E-state index contributed by atoms with van der Waals surface area (Å²) in [6.45, 7) is 4.25. The highest BCUT2D eigenvalue weighted by Crippen LogP contribution is 2.32. The van der Waals surface area contributed by atoms with E-state index in [1.807, 2.05) is 36.4 Å². The van der Waals surface area contributed by atoms with Gasteiger partial charge in [0.15, 0.2) is 11.7 Å². The number of nitro benzene ring substituents is 1. The zero-order valence-corrected chi connectivity index (χ0v) is 19.0. The molecule has 0 atom stereocenters. The first kappa shape index (κ1) is 22.3. The van der Waals surface area contributed by atoms with Gasteiger partial charge >= 0.3 is 0 Å². The molecule has 9 heteroatoms. The number of thiazole rings is 1. The van der Waals surface area contributed by atoms with Gasteiger partial charge in [0.2, 0.25) is 0 Å². The molecule has 0 saturated heterocycles. The molecule has 0 aliphatic carbocycles. The van der Waals surface area contributed by atoms with Gasteiger partial charge in [0.1, 0.15) is 5.75 Å². The topological polar surface area (TPSA) is 98.5 Å². The number of rotatable bonds is 8. The Balaban J connectivity index is 1.58. The molecule has 0 aliphatic heterocycles. The van der Waals surface area contributed by atoms with Crippen LogP contribution in [-0.4, -0.2) is 27.4 Å². The van der Waals surface area contributed by atoms with Crippen LogP contribution in [0.5, 0.6) is 5.75 Å². The van der Waals surface area contributed by atoms with Crippen LogP contribution in [0.25, 0.3) is 10.2 Å². The normalized spacial score (nSPS) is 11.0. The van der Waals surface area contributed by atoms with E-state index >= 15 is 0 Å².